The van der Waals surface area contributed by atoms with Gasteiger partial charge in [-0.25, -0.2) is 0 Å². The van der Waals surface area contributed by atoms with Crippen molar-refractivity contribution >= 4 is 34.4 Å². The van der Waals surface area contributed by atoms with E-state index in [0.717, 1.165) is 24.5 Å². The number of para-hydroxylation sites is 2. The molecule has 0 bridgehead atoms. The summed E-state index contributed by atoms with van der Waals surface area (Å²) in [6, 6.07) is 17.1. The van der Waals surface area contributed by atoms with Crippen LogP contribution in [-0.4, -0.2) is 49.2 Å². The number of aromatic nitrogens is 2. The van der Waals surface area contributed by atoms with Gasteiger partial charge in [-0.1, -0.05) is 12.1 Å². The number of hydrogen-bond acceptors (Lipinski definition) is 8. The standard InChI is InChI=1S/C24H23N5O4/c1-25-23(30)20-14-17(8-9-26-20)32-16-6-7-19-22(15-16)33-24(28-19)27-18-4-2-3-5-21(18)29-10-12-31-13-11-29/h2-9,14-15H,10-13H2,1H3,(H,25,30)(H,27,28). The van der Waals surface area contributed by atoms with Crippen molar-refractivity contribution in [2.75, 3.05) is 43.6 Å². The molecular weight excluding hydrogens is 422 g/mol. The Balaban J connectivity index is 1.36. The summed E-state index contributed by atoms with van der Waals surface area (Å²) < 4.78 is 17.3. The van der Waals surface area contributed by atoms with Gasteiger partial charge in [0.15, 0.2) is 5.58 Å². The number of amides is 1. The van der Waals surface area contributed by atoms with E-state index in [9.17, 15) is 4.79 Å². The lowest BCUT2D eigenvalue weighted by molar-refractivity contribution is 0.0958. The smallest absolute Gasteiger partial charge is 0.300 e. The van der Waals surface area contributed by atoms with Gasteiger partial charge in [-0.05, 0) is 30.3 Å². The zero-order valence-corrected chi connectivity index (χ0v) is 18.1. The van der Waals surface area contributed by atoms with Crippen LogP contribution in [0.2, 0.25) is 0 Å². The van der Waals surface area contributed by atoms with E-state index in [1.54, 1.807) is 31.3 Å². The van der Waals surface area contributed by atoms with E-state index in [0.29, 0.717) is 41.8 Å². The number of ether oxygens (including phenoxy) is 2. The molecule has 5 rings (SSSR count). The molecule has 0 spiro atoms. The van der Waals surface area contributed by atoms with Crippen molar-refractivity contribution in [3.63, 3.8) is 0 Å². The average Bonchev–Trinajstić information content (AvgIpc) is 3.26. The monoisotopic (exact) mass is 445 g/mol. The summed E-state index contributed by atoms with van der Waals surface area (Å²) in [5, 5.41) is 5.85. The van der Waals surface area contributed by atoms with Crippen LogP contribution in [0.25, 0.3) is 11.1 Å². The van der Waals surface area contributed by atoms with E-state index in [2.05, 4.69) is 31.6 Å². The predicted octanol–water partition coefficient (Wildman–Crippen LogP) is 3.95. The van der Waals surface area contributed by atoms with Gasteiger partial charge in [0.05, 0.1) is 24.6 Å². The topological polar surface area (TPSA) is 102 Å². The first kappa shape index (κ1) is 20.8. The predicted molar refractivity (Wildman–Crippen MR) is 124 cm³/mol. The average molecular weight is 445 g/mol. The highest BCUT2D eigenvalue weighted by Gasteiger charge is 2.16. The third kappa shape index (κ3) is 4.58. The van der Waals surface area contributed by atoms with Crippen LogP contribution in [0.5, 0.6) is 11.5 Å². The highest BCUT2D eigenvalue weighted by molar-refractivity contribution is 5.92. The largest absolute Gasteiger partial charge is 0.457 e. The van der Waals surface area contributed by atoms with Crippen LogP contribution in [0.15, 0.2) is 65.2 Å². The molecule has 0 saturated carbocycles. The van der Waals surface area contributed by atoms with Gasteiger partial charge in [0.1, 0.15) is 22.7 Å². The van der Waals surface area contributed by atoms with Crippen LogP contribution in [0.1, 0.15) is 10.5 Å². The van der Waals surface area contributed by atoms with Crippen LogP contribution in [0.3, 0.4) is 0 Å². The summed E-state index contributed by atoms with van der Waals surface area (Å²) in [4.78, 5) is 22.7. The van der Waals surface area contributed by atoms with Crippen molar-refractivity contribution in [2.24, 2.45) is 0 Å². The second kappa shape index (κ2) is 9.17. The maximum Gasteiger partial charge on any atom is 0.300 e. The van der Waals surface area contributed by atoms with Crippen molar-refractivity contribution < 1.29 is 18.7 Å². The van der Waals surface area contributed by atoms with Crippen molar-refractivity contribution in [3.8, 4) is 11.5 Å². The molecule has 1 aliphatic rings. The molecule has 1 aliphatic heterocycles. The third-order valence-electron chi connectivity index (χ3n) is 5.28. The zero-order valence-electron chi connectivity index (χ0n) is 18.1. The van der Waals surface area contributed by atoms with Crippen LogP contribution >= 0.6 is 0 Å². The SMILES string of the molecule is CNC(=O)c1cc(Oc2ccc3nc(Nc4ccccc4N4CCOCC4)oc3c2)ccn1. The fraction of sp³-hybridized carbons (Fsp3) is 0.208. The lowest BCUT2D eigenvalue weighted by atomic mass is 10.2. The molecule has 9 nitrogen and oxygen atoms in total. The highest BCUT2D eigenvalue weighted by atomic mass is 16.5. The Labute approximate surface area is 190 Å². The number of fused-ring (bicyclic) bond motifs is 1. The summed E-state index contributed by atoms with van der Waals surface area (Å²) in [7, 11) is 1.56. The number of rotatable bonds is 6. The second-order valence-corrected chi connectivity index (χ2v) is 7.45. The molecule has 168 valence electrons. The number of benzene rings is 2. The molecule has 4 aromatic rings. The third-order valence-corrected chi connectivity index (χ3v) is 5.28. The molecule has 0 atom stereocenters. The lowest BCUT2D eigenvalue weighted by Crippen LogP contribution is -2.36. The van der Waals surface area contributed by atoms with E-state index >= 15 is 0 Å². The quantitative estimate of drug-likeness (QED) is 0.460. The number of oxazole rings is 1. The zero-order chi connectivity index (χ0) is 22.6. The number of morpholine rings is 1. The Bertz CT molecular complexity index is 1280. The van der Waals surface area contributed by atoms with E-state index in [1.165, 1.54) is 6.20 Å². The number of carbonyl (C=O) groups excluding carboxylic acids is 1. The van der Waals surface area contributed by atoms with Crippen LogP contribution < -0.4 is 20.3 Å². The van der Waals surface area contributed by atoms with Crippen molar-refractivity contribution in [3.05, 3.63) is 66.5 Å². The number of nitrogens with zero attached hydrogens (tertiary/aromatic N) is 3. The Kier molecular flexibility index (Phi) is 5.77. The number of nitrogens with one attached hydrogen (secondary N) is 2. The summed E-state index contributed by atoms with van der Waals surface area (Å²) in [5.74, 6) is 0.785. The highest BCUT2D eigenvalue weighted by Crippen LogP contribution is 2.32. The van der Waals surface area contributed by atoms with Crippen molar-refractivity contribution in [1.82, 2.24) is 15.3 Å². The Morgan fingerprint density at radius 2 is 1.88 bits per heavy atom. The Morgan fingerprint density at radius 3 is 2.73 bits per heavy atom. The lowest BCUT2D eigenvalue weighted by Gasteiger charge is -2.30. The molecule has 0 radical (unpaired) electrons. The fourth-order valence-electron chi connectivity index (χ4n) is 3.66. The number of carbonyl (C=O) groups is 1. The van der Waals surface area contributed by atoms with Crippen molar-refractivity contribution in [2.45, 2.75) is 0 Å². The molecule has 2 aromatic heterocycles. The molecule has 1 fully saturated rings. The first-order valence-corrected chi connectivity index (χ1v) is 10.6. The van der Waals surface area contributed by atoms with Crippen LogP contribution in [-0.2, 0) is 4.74 Å². The minimum absolute atomic E-state index is 0.279. The molecule has 0 unspecified atom stereocenters. The van der Waals surface area contributed by atoms with Crippen LogP contribution in [0.4, 0.5) is 17.4 Å². The van der Waals surface area contributed by atoms with Crippen molar-refractivity contribution in [1.29, 1.82) is 0 Å². The molecule has 2 N–H and O–H groups in total. The Morgan fingerprint density at radius 1 is 1.06 bits per heavy atom. The van der Waals surface area contributed by atoms with Crippen LogP contribution in [0, 0.1) is 0 Å². The minimum atomic E-state index is -0.279. The maximum absolute atomic E-state index is 11.8. The van der Waals surface area contributed by atoms with Gasteiger partial charge in [0.2, 0.25) is 0 Å². The molecule has 3 heterocycles. The van der Waals surface area contributed by atoms with Gasteiger partial charge in [-0.15, -0.1) is 0 Å². The maximum atomic E-state index is 11.8. The molecule has 2 aromatic carbocycles. The summed E-state index contributed by atoms with van der Waals surface area (Å²) in [5.41, 5.74) is 3.56. The summed E-state index contributed by atoms with van der Waals surface area (Å²) >= 11 is 0. The molecule has 1 amide bonds. The summed E-state index contributed by atoms with van der Waals surface area (Å²) in [6.45, 7) is 3.09. The molecule has 1 saturated heterocycles. The molecule has 0 aliphatic carbocycles. The number of hydrogen-bond donors (Lipinski definition) is 2. The second-order valence-electron chi connectivity index (χ2n) is 7.45. The summed E-state index contributed by atoms with van der Waals surface area (Å²) in [6.07, 6.45) is 1.53. The fourth-order valence-corrected chi connectivity index (χ4v) is 3.66. The van der Waals surface area contributed by atoms with E-state index in [-0.39, 0.29) is 11.6 Å². The van der Waals surface area contributed by atoms with Gasteiger partial charge in [0, 0.05) is 38.5 Å². The van der Waals surface area contributed by atoms with Gasteiger partial charge >= 0.3 is 0 Å². The molecular formula is C24H23N5O4. The normalized spacial score (nSPS) is 13.7. The molecule has 9 heteroatoms. The molecule has 33 heavy (non-hydrogen) atoms. The van der Waals surface area contributed by atoms with E-state index < -0.39 is 0 Å². The van der Waals surface area contributed by atoms with E-state index in [1.807, 2.05) is 24.3 Å². The Hall–Kier alpha value is -4.11. The van der Waals surface area contributed by atoms with Gasteiger partial charge in [-0.2, -0.15) is 4.98 Å². The number of pyridine rings is 1. The minimum Gasteiger partial charge on any atom is -0.457 e. The first-order valence-electron chi connectivity index (χ1n) is 10.6. The van der Waals surface area contributed by atoms with Gasteiger partial charge < -0.3 is 29.4 Å². The van der Waals surface area contributed by atoms with Gasteiger partial charge in [-0.3, -0.25) is 9.78 Å². The van der Waals surface area contributed by atoms with E-state index in [4.69, 9.17) is 13.9 Å². The number of anilines is 3. The van der Waals surface area contributed by atoms with Gasteiger partial charge in [0.25, 0.3) is 11.9 Å². The first-order chi connectivity index (χ1) is 16.2.